The summed E-state index contributed by atoms with van der Waals surface area (Å²) < 4.78 is 17.6. The van der Waals surface area contributed by atoms with Crippen LogP contribution in [0.25, 0.3) is 0 Å². The summed E-state index contributed by atoms with van der Waals surface area (Å²) in [6, 6.07) is 0. The summed E-state index contributed by atoms with van der Waals surface area (Å²) in [5.74, 6) is -3.11. The Labute approximate surface area is 68.0 Å². The Morgan fingerprint density at radius 1 is 1.50 bits per heavy atom. The lowest BCUT2D eigenvalue weighted by molar-refractivity contribution is -0.299. The fraction of sp³-hybridized carbons (Fsp3) is 1.00. The molecule has 0 radical (unpaired) electrons. The van der Waals surface area contributed by atoms with E-state index < -0.39 is 37.4 Å². The second-order valence-electron chi connectivity index (χ2n) is 2.74. The highest BCUT2D eigenvalue weighted by molar-refractivity contribution is 4.92. The molecule has 0 amide bonds. The molecular formula is C6H11FO5. The summed E-state index contributed by atoms with van der Waals surface area (Å²) in [4.78, 5) is 0. The predicted molar refractivity (Wildman–Crippen MR) is 34.9 cm³/mol. The van der Waals surface area contributed by atoms with E-state index in [0.29, 0.717) is 0 Å². The zero-order valence-corrected chi connectivity index (χ0v) is 6.22. The summed E-state index contributed by atoms with van der Waals surface area (Å²) >= 11 is 0. The maximum atomic E-state index is 13.0. The molecule has 0 aliphatic carbocycles. The molecule has 0 aromatic heterocycles. The van der Waals surface area contributed by atoms with Crippen LogP contribution in [0.2, 0.25) is 0 Å². The second-order valence-corrected chi connectivity index (χ2v) is 2.74. The van der Waals surface area contributed by atoms with E-state index in [1.54, 1.807) is 0 Å². The topological polar surface area (TPSA) is 90.2 Å². The van der Waals surface area contributed by atoms with E-state index in [4.69, 9.17) is 20.4 Å². The van der Waals surface area contributed by atoms with E-state index in [-0.39, 0.29) is 0 Å². The number of aliphatic hydroxyl groups is 4. The molecular weight excluding hydrogens is 171 g/mol. The van der Waals surface area contributed by atoms with Crippen LogP contribution in [0, 0.1) is 0 Å². The predicted octanol–water partition coefficient (Wildman–Crippen LogP) is -2.24. The Morgan fingerprint density at radius 2 is 2.08 bits per heavy atom. The van der Waals surface area contributed by atoms with E-state index in [0.717, 1.165) is 0 Å². The van der Waals surface area contributed by atoms with Crippen LogP contribution in [0.3, 0.4) is 0 Å². The molecule has 4 N–H and O–H groups in total. The Bertz CT molecular complexity index is 162. The van der Waals surface area contributed by atoms with Gasteiger partial charge < -0.3 is 25.2 Å². The van der Waals surface area contributed by atoms with E-state index in [1.165, 1.54) is 0 Å². The first kappa shape index (κ1) is 9.82. The number of alkyl halides is 1. The number of ether oxygens (including phenoxy) is 1. The van der Waals surface area contributed by atoms with Crippen LogP contribution in [0.1, 0.15) is 0 Å². The molecule has 6 heteroatoms. The summed E-state index contributed by atoms with van der Waals surface area (Å²) in [7, 11) is 0. The van der Waals surface area contributed by atoms with Gasteiger partial charge in [-0.25, -0.2) is 4.39 Å². The minimum Gasteiger partial charge on any atom is -0.394 e. The lowest BCUT2D eigenvalue weighted by atomic mass is 9.98. The minimum atomic E-state index is -3.11. The van der Waals surface area contributed by atoms with Crippen molar-refractivity contribution in [3.63, 3.8) is 0 Å². The lowest BCUT2D eigenvalue weighted by Gasteiger charge is -2.38. The van der Waals surface area contributed by atoms with Crippen LogP contribution in [0.15, 0.2) is 0 Å². The van der Waals surface area contributed by atoms with Gasteiger partial charge in [-0.3, -0.25) is 0 Å². The van der Waals surface area contributed by atoms with Gasteiger partial charge in [0, 0.05) is 0 Å². The van der Waals surface area contributed by atoms with E-state index >= 15 is 0 Å². The standard InChI is InChI=1S/C6H11FO5/c7-6(11)4(9)2-12-3(1-8)5(6)10/h3-5,8-11H,1-2H2/t3-,4+,5-,6-/m1/s1. The third-order valence-corrected chi connectivity index (χ3v) is 1.88. The Kier molecular flexibility index (Phi) is 2.64. The maximum Gasteiger partial charge on any atom is 0.264 e. The first-order valence-electron chi connectivity index (χ1n) is 3.50. The molecule has 1 aliphatic rings. The van der Waals surface area contributed by atoms with Gasteiger partial charge in [-0.1, -0.05) is 0 Å². The molecule has 0 aromatic carbocycles. The van der Waals surface area contributed by atoms with E-state index in [1.807, 2.05) is 0 Å². The molecule has 12 heavy (non-hydrogen) atoms. The summed E-state index contributed by atoms with van der Waals surface area (Å²) in [6.45, 7) is -1.06. The lowest BCUT2D eigenvalue weighted by Crippen LogP contribution is -2.61. The molecule has 0 spiro atoms. The number of hydrogen-bond acceptors (Lipinski definition) is 5. The molecule has 0 unspecified atom stereocenters. The van der Waals surface area contributed by atoms with Crippen LogP contribution >= 0.6 is 0 Å². The molecule has 0 aromatic rings. The van der Waals surface area contributed by atoms with Crippen molar-refractivity contribution < 1.29 is 29.6 Å². The molecule has 1 aliphatic heterocycles. The van der Waals surface area contributed by atoms with Crippen LogP contribution in [0.4, 0.5) is 4.39 Å². The Morgan fingerprint density at radius 3 is 2.58 bits per heavy atom. The van der Waals surface area contributed by atoms with Crippen molar-refractivity contribution in [2.45, 2.75) is 24.2 Å². The van der Waals surface area contributed by atoms with E-state index in [9.17, 15) is 4.39 Å². The number of rotatable bonds is 1. The molecule has 0 bridgehead atoms. The van der Waals surface area contributed by atoms with Gasteiger partial charge in [-0.05, 0) is 0 Å². The normalized spacial score (nSPS) is 49.2. The largest absolute Gasteiger partial charge is 0.394 e. The number of halogens is 1. The van der Waals surface area contributed by atoms with Gasteiger partial charge in [-0.2, -0.15) is 0 Å². The summed E-state index contributed by atoms with van der Waals surface area (Å²) in [5.41, 5.74) is 0. The first-order valence-corrected chi connectivity index (χ1v) is 3.50. The summed E-state index contributed by atoms with van der Waals surface area (Å²) in [6.07, 6.45) is -4.90. The van der Waals surface area contributed by atoms with Crippen molar-refractivity contribution in [1.82, 2.24) is 0 Å². The van der Waals surface area contributed by atoms with Gasteiger partial charge in [0.05, 0.1) is 13.2 Å². The monoisotopic (exact) mass is 182 g/mol. The van der Waals surface area contributed by atoms with Gasteiger partial charge in [0.25, 0.3) is 5.85 Å². The highest BCUT2D eigenvalue weighted by Gasteiger charge is 2.51. The quantitative estimate of drug-likeness (QED) is 0.368. The zero-order valence-electron chi connectivity index (χ0n) is 6.22. The second kappa shape index (κ2) is 3.23. The van der Waals surface area contributed by atoms with Crippen molar-refractivity contribution in [3.8, 4) is 0 Å². The van der Waals surface area contributed by atoms with Crippen molar-refractivity contribution in [2.24, 2.45) is 0 Å². The van der Waals surface area contributed by atoms with Crippen molar-refractivity contribution in [2.75, 3.05) is 13.2 Å². The first-order chi connectivity index (χ1) is 5.50. The van der Waals surface area contributed by atoms with Gasteiger partial charge >= 0.3 is 0 Å². The fourth-order valence-electron chi connectivity index (χ4n) is 1.03. The summed E-state index contributed by atoms with van der Waals surface area (Å²) in [5, 5.41) is 35.2. The van der Waals surface area contributed by atoms with Crippen LogP contribution in [-0.2, 0) is 4.74 Å². The van der Waals surface area contributed by atoms with Gasteiger partial charge in [0.15, 0.2) is 0 Å². The van der Waals surface area contributed by atoms with Crippen LogP contribution < -0.4 is 0 Å². The van der Waals surface area contributed by atoms with Crippen molar-refractivity contribution in [1.29, 1.82) is 0 Å². The maximum absolute atomic E-state index is 13.0. The Balaban J connectivity index is 2.71. The average molecular weight is 182 g/mol. The average Bonchev–Trinajstić information content (AvgIpc) is 2.02. The number of aliphatic hydroxyl groups excluding tert-OH is 3. The SMILES string of the molecule is OC[C@H]1OC[C@H](O)[C@](O)(F)[C@@H]1O. The smallest absolute Gasteiger partial charge is 0.264 e. The molecule has 1 saturated heterocycles. The molecule has 5 nitrogen and oxygen atoms in total. The molecule has 1 heterocycles. The molecule has 1 fully saturated rings. The third kappa shape index (κ3) is 1.44. The zero-order chi connectivity index (χ0) is 9.35. The number of hydrogen-bond donors (Lipinski definition) is 4. The van der Waals surface area contributed by atoms with E-state index in [2.05, 4.69) is 4.74 Å². The van der Waals surface area contributed by atoms with Gasteiger partial charge in [0.1, 0.15) is 18.3 Å². The van der Waals surface area contributed by atoms with Crippen molar-refractivity contribution in [3.05, 3.63) is 0 Å². The van der Waals surface area contributed by atoms with Crippen LogP contribution in [-0.4, -0.2) is 57.8 Å². The third-order valence-electron chi connectivity index (χ3n) is 1.88. The highest BCUT2D eigenvalue weighted by Crippen LogP contribution is 2.26. The minimum absolute atomic E-state index is 0.449. The van der Waals surface area contributed by atoms with Gasteiger partial charge in [0.2, 0.25) is 0 Å². The van der Waals surface area contributed by atoms with Crippen molar-refractivity contribution >= 4 is 0 Å². The highest BCUT2D eigenvalue weighted by atomic mass is 19.2. The molecule has 72 valence electrons. The molecule has 1 rings (SSSR count). The fourth-order valence-corrected chi connectivity index (χ4v) is 1.03. The van der Waals surface area contributed by atoms with Gasteiger partial charge in [-0.15, -0.1) is 0 Å². The Hall–Kier alpha value is -0.270. The van der Waals surface area contributed by atoms with Crippen LogP contribution in [0.5, 0.6) is 0 Å². The molecule has 4 atom stereocenters. The molecule has 0 saturated carbocycles.